The van der Waals surface area contributed by atoms with Crippen LogP contribution in [-0.4, -0.2) is 41.4 Å². The number of rotatable bonds is 4. The van der Waals surface area contributed by atoms with Gasteiger partial charge in [0.25, 0.3) is 0 Å². The van der Waals surface area contributed by atoms with Crippen LogP contribution < -0.4 is 5.32 Å². The van der Waals surface area contributed by atoms with Crippen molar-refractivity contribution in [2.75, 3.05) is 25.0 Å². The summed E-state index contributed by atoms with van der Waals surface area (Å²) >= 11 is 5.89. The highest BCUT2D eigenvalue weighted by molar-refractivity contribution is 6.30. The predicted molar refractivity (Wildman–Crippen MR) is 84.1 cm³/mol. The maximum atomic E-state index is 12.1. The molecule has 1 fully saturated rings. The molecular formula is C15H20ClN3O2. The fraction of sp³-hybridized carbons (Fsp3) is 0.467. The molecule has 0 spiro atoms. The summed E-state index contributed by atoms with van der Waals surface area (Å²) in [5, 5.41) is 15.8. The average molecular weight is 310 g/mol. The summed E-state index contributed by atoms with van der Waals surface area (Å²) in [4.78, 5) is 14.1. The van der Waals surface area contributed by atoms with Gasteiger partial charge < -0.3 is 10.5 Å². The first-order chi connectivity index (χ1) is 10.1. The van der Waals surface area contributed by atoms with Crippen LogP contribution in [0.25, 0.3) is 0 Å². The molecule has 1 heterocycles. The Hall–Kier alpha value is -1.59. The second kappa shape index (κ2) is 7.43. The summed E-state index contributed by atoms with van der Waals surface area (Å²) in [7, 11) is 0. The second-order valence-electron chi connectivity index (χ2n) is 5.24. The van der Waals surface area contributed by atoms with Gasteiger partial charge in [-0.05, 0) is 24.6 Å². The number of piperidine rings is 1. The fourth-order valence-corrected chi connectivity index (χ4v) is 2.79. The first kappa shape index (κ1) is 15.8. The third-order valence-corrected chi connectivity index (χ3v) is 3.97. The summed E-state index contributed by atoms with van der Waals surface area (Å²) in [6, 6.07) is 7.10. The number of carbonyl (C=O) groups excluding carboxylic acids is 1. The van der Waals surface area contributed by atoms with Gasteiger partial charge in [0, 0.05) is 36.1 Å². The molecule has 0 radical (unpaired) electrons. The van der Waals surface area contributed by atoms with Gasteiger partial charge in [-0.2, -0.15) is 0 Å². The van der Waals surface area contributed by atoms with Crippen molar-refractivity contribution in [1.29, 1.82) is 0 Å². The lowest BCUT2D eigenvalue weighted by atomic mass is 9.93. The highest BCUT2D eigenvalue weighted by atomic mass is 35.5. The molecule has 21 heavy (non-hydrogen) atoms. The maximum absolute atomic E-state index is 12.1. The number of likely N-dealkylation sites (tertiary alicyclic amines) is 1. The van der Waals surface area contributed by atoms with E-state index in [9.17, 15) is 4.79 Å². The molecule has 0 aliphatic carbocycles. The molecule has 1 aliphatic rings. The largest absolute Gasteiger partial charge is 0.411 e. The number of halogens is 1. The number of benzene rings is 1. The molecule has 0 aromatic heterocycles. The molecule has 1 amide bonds. The first-order valence-electron chi connectivity index (χ1n) is 7.11. The van der Waals surface area contributed by atoms with E-state index < -0.39 is 0 Å². The minimum absolute atomic E-state index is 0.0588. The van der Waals surface area contributed by atoms with Crippen molar-refractivity contribution in [3.8, 4) is 0 Å². The molecule has 1 atom stereocenters. The van der Waals surface area contributed by atoms with E-state index in [4.69, 9.17) is 16.8 Å². The molecule has 5 nitrogen and oxygen atoms in total. The predicted octanol–water partition coefficient (Wildman–Crippen LogP) is 2.84. The molecule has 2 N–H and O–H groups in total. The summed E-state index contributed by atoms with van der Waals surface area (Å²) in [5.74, 6) is 0.166. The molecule has 0 saturated carbocycles. The third-order valence-electron chi connectivity index (χ3n) is 3.73. The van der Waals surface area contributed by atoms with Gasteiger partial charge in [-0.25, -0.2) is 0 Å². The van der Waals surface area contributed by atoms with Crippen LogP contribution in [0.2, 0.25) is 5.02 Å². The Morgan fingerprint density at radius 2 is 2.38 bits per heavy atom. The van der Waals surface area contributed by atoms with Crippen molar-refractivity contribution in [2.24, 2.45) is 11.1 Å². The number of hydrogen-bond acceptors (Lipinski definition) is 4. The van der Waals surface area contributed by atoms with Crippen molar-refractivity contribution in [3.05, 3.63) is 29.3 Å². The Morgan fingerprint density at radius 3 is 3.05 bits per heavy atom. The molecule has 1 aliphatic heterocycles. The van der Waals surface area contributed by atoms with Gasteiger partial charge in [-0.1, -0.05) is 29.7 Å². The van der Waals surface area contributed by atoms with Gasteiger partial charge in [0.1, 0.15) is 0 Å². The van der Waals surface area contributed by atoms with E-state index in [0.29, 0.717) is 23.7 Å². The SMILES string of the molecule is CCC1CN(CC(=O)Nc2cccc(Cl)c2)CC/C1=N\O. The highest BCUT2D eigenvalue weighted by Crippen LogP contribution is 2.18. The summed E-state index contributed by atoms with van der Waals surface area (Å²) in [6.07, 6.45) is 1.62. The minimum atomic E-state index is -0.0588. The summed E-state index contributed by atoms with van der Waals surface area (Å²) in [6.45, 7) is 3.88. The lowest BCUT2D eigenvalue weighted by Crippen LogP contribution is -2.44. The van der Waals surface area contributed by atoms with Crippen molar-refractivity contribution in [2.45, 2.75) is 19.8 Å². The van der Waals surface area contributed by atoms with Gasteiger partial charge in [-0.15, -0.1) is 0 Å². The van der Waals surface area contributed by atoms with E-state index in [1.54, 1.807) is 18.2 Å². The smallest absolute Gasteiger partial charge is 0.238 e. The van der Waals surface area contributed by atoms with E-state index in [1.807, 2.05) is 6.07 Å². The highest BCUT2D eigenvalue weighted by Gasteiger charge is 2.25. The average Bonchev–Trinajstić information content (AvgIpc) is 2.47. The molecule has 1 aromatic rings. The Kier molecular flexibility index (Phi) is 5.59. The number of anilines is 1. The Balaban J connectivity index is 1.88. The van der Waals surface area contributed by atoms with Crippen LogP contribution in [0.15, 0.2) is 29.4 Å². The van der Waals surface area contributed by atoms with Crippen LogP contribution in [0, 0.1) is 5.92 Å². The number of oxime groups is 1. The van der Waals surface area contributed by atoms with E-state index in [-0.39, 0.29) is 11.8 Å². The van der Waals surface area contributed by atoms with Gasteiger partial charge in [0.15, 0.2) is 0 Å². The molecule has 114 valence electrons. The lowest BCUT2D eigenvalue weighted by Gasteiger charge is -2.32. The first-order valence-corrected chi connectivity index (χ1v) is 7.48. The van der Waals surface area contributed by atoms with Crippen LogP contribution in [-0.2, 0) is 4.79 Å². The Labute approximate surface area is 129 Å². The number of amides is 1. The molecule has 2 rings (SSSR count). The summed E-state index contributed by atoms with van der Waals surface area (Å²) < 4.78 is 0. The Morgan fingerprint density at radius 1 is 1.57 bits per heavy atom. The zero-order valence-corrected chi connectivity index (χ0v) is 12.8. The number of nitrogens with zero attached hydrogens (tertiary/aromatic N) is 2. The van der Waals surface area contributed by atoms with Crippen molar-refractivity contribution in [1.82, 2.24) is 4.90 Å². The number of carbonyl (C=O) groups is 1. The quantitative estimate of drug-likeness (QED) is 0.664. The van der Waals surface area contributed by atoms with Gasteiger partial charge in [0.05, 0.1) is 12.3 Å². The molecule has 1 saturated heterocycles. The van der Waals surface area contributed by atoms with Crippen LogP contribution in [0.4, 0.5) is 5.69 Å². The fourth-order valence-electron chi connectivity index (χ4n) is 2.59. The van der Waals surface area contributed by atoms with Gasteiger partial charge in [0.2, 0.25) is 5.91 Å². The number of nitrogens with one attached hydrogen (secondary N) is 1. The van der Waals surface area contributed by atoms with Gasteiger partial charge in [-0.3, -0.25) is 9.69 Å². The maximum Gasteiger partial charge on any atom is 0.238 e. The zero-order chi connectivity index (χ0) is 15.2. The Bertz CT molecular complexity index is 533. The number of hydrogen-bond donors (Lipinski definition) is 2. The molecular weight excluding hydrogens is 290 g/mol. The topological polar surface area (TPSA) is 64.9 Å². The van der Waals surface area contributed by atoms with Crippen molar-refractivity contribution in [3.63, 3.8) is 0 Å². The monoisotopic (exact) mass is 309 g/mol. The molecule has 6 heteroatoms. The van der Waals surface area contributed by atoms with E-state index in [0.717, 1.165) is 25.2 Å². The van der Waals surface area contributed by atoms with Crippen LogP contribution in [0.5, 0.6) is 0 Å². The molecule has 1 aromatic carbocycles. The standard InChI is InChI=1S/C15H20ClN3O2/c1-2-11-9-19(7-6-14(11)18-21)10-15(20)17-13-5-3-4-12(16)8-13/h3-5,8,11,21H,2,6-7,9-10H2,1H3,(H,17,20)/b18-14+. The van der Waals surface area contributed by atoms with Gasteiger partial charge >= 0.3 is 0 Å². The normalized spacial score (nSPS) is 21.4. The molecule has 1 unspecified atom stereocenters. The zero-order valence-electron chi connectivity index (χ0n) is 12.1. The summed E-state index contributed by atoms with van der Waals surface area (Å²) in [5.41, 5.74) is 1.54. The van der Waals surface area contributed by atoms with Crippen LogP contribution in [0.1, 0.15) is 19.8 Å². The van der Waals surface area contributed by atoms with E-state index in [2.05, 4.69) is 22.3 Å². The molecule has 0 bridgehead atoms. The minimum Gasteiger partial charge on any atom is -0.411 e. The van der Waals surface area contributed by atoms with Crippen molar-refractivity contribution >= 4 is 28.9 Å². The second-order valence-corrected chi connectivity index (χ2v) is 5.68. The van der Waals surface area contributed by atoms with Crippen molar-refractivity contribution < 1.29 is 10.0 Å². The lowest BCUT2D eigenvalue weighted by molar-refractivity contribution is -0.117. The van der Waals surface area contributed by atoms with Crippen LogP contribution in [0.3, 0.4) is 0 Å². The van der Waals surface area contributed by atoms with E-state index in [1.165, 1.54) is 0 Å². The third kappa shape index (κ3) is 4.44. The van der Waals surface area contributed by atoms with E-state index >= 15 is 0 Å². The van der Waals surface area contributed by atoms with Crippen LogP contribution >= 0.6 is 11.6 Å².